The van der Waals surface area contributed by atoms with Crippen molar-refractivity contribution < 1.29 is 0 Å². The molecular weight excluding hydrogens is 222 g/mol. The third-order valence-electron chi connectivity index (χ3n) is 3.16. The Morgan fingerprint density at radius 1 is 1.17 bits per heavy atom. The van der Waals surface area contributed by atoms with Gasteiger partial charge in [0.05, 0.1) is 6.20 Å². The van der Waals surface area contributed by atoms with Gasteiger partial charge in [-0.2, -0.15) is 5.10 Å². The van der Waals surface area contributed by atoms with Crippen LogP contribution in [0.15, 0.2) is 24.5 Å². The van der Waals surface area contributed by atoms with E-state index < -0.39 is 0 Å². The van der Waals surface area contributed by atoms with Crippen molar-refractivity contribution in [3.05, 3.63) is 46.8 Å². The molecule has 1 aromatic carbocycles. The predicted molar refractivity (Wildman–Crippen MR) is 75.9 cm³/mol. The van der Waals surface area contributed by atoms with Gasteiger partial charge >= 0.3 is 0 Å². The summed E-state index contributed by atoms with van der Waals surface area (Å²) in [5.41, 5.74) is 6.38. The lowest BCUT2D eigenvalue weighted by Gasteiger charge is -2.13. The van der Waals surface area contributed by atoms with Crippen LogP contribution in [0.1, 0.15) is 29.2 Å². The molecule has 0 bridgehead atoms. The number of nitrogens with one attached hydrogen (secondary N) is 1. The summed E-state index contributed by atoms with van der Waals surface area (Å²) in [7, 11) is 0. The van der Waals surface area contributed by atoms with E-state index in [1.807, 2.05) is 10.9 Å². The molecule has 0 radical (unpaired) electrons. The minimum atomic E-state index is 0.824. The number of rotatable bonds is 4. The second-order valence-corrected chi connectivity index (χ2v) is 4.83. The van der Waals surface area contributed by atoms with Crippen LogP contribution in [0.2, 0.25) is 0 Å². The molecule has 0 amide bonds. The minimum Gasteiger partial charge on any atom is -0.380 e. The average Bonchev–Trinajstić information content (AvgIpc) is 2.75. The molecule has 0 fully saturated rings. The first kappa shape index (κ1) is 12.7. The second kappa shape index (κ2) is 5.25. The summed E-state index contributed by atoms with van der Waals surface area (Å²) in [6, 6.07) is 4.43. The van der Waals surface area contributed by atoms with Crippen LogP contribution in [0, 0.1) is 20.8 Å². The van der Waals surface area contributed by atoms with Gasteiger partial charge in [-0.15, -0.1) is 0 Å². The standard InChI is InChI=1S/C15H21N3/c1-5-18-10-14(9-17-18)8-16-15-12(3)6-11(2)7-13(15)4/h6-7,9-10,16H,5,8H2,1-4H3. The summed E-state index contributed by atoms with van der Waals surface area (Å²) in [5.74, 6) is 0. The van der Waals surface area contributed by atoms with Crippen LogP contribution in [0.4, 0.5) is 5.69 Å². The lowest BCUT2D eigenvalue weighted by atomic mass is 10.1. The molecule has 3 heteroatoms. The zero-order chi connectivity index (χ0) is 13.1. The molecule has 0 saturated heterocycles. The minimum absolute atomic E-state index is 0.824. The number of hydrogen-bond donors (Lipinski definition) is 1. The van der Waals surface area contributed by atoms with Gasteiger partial charge in [-0.1, -0.05) is 17.7 Å². The molecule has 0 aliphatic rings. The molecule has 18 heavy (non-hydrogen) atoms. The summed E-state index contributed by atoms with van der Waals surface area (Å²) >= 11 is 0. The van der Waals surface area contributed by atoms with Crippen molar-refractivity contribution in [3.63, 3.8) is 0 Å². The highest BCUT2D eigenvalue weighted by molar-refractivity contribution is 5.58. The molecule has 1 heterocycles. The van der Waals surface area contributed by atoms with Crippen LogP contribution in [0.3, 0.4) is 0 Å². The van der Waals surface area contributed by atoms with Gasteiger partial charge in [0.15, 0.2) is 0 Å². The maximum atomic E-state index is 4.28. The topological polar surface area (TPSA) is 29.9 Å². The van der Waals surface area contributed by atoms with Crippen molar-refractivity contribution in [2.75, 3.05) is 5.32 Å². The molecule has 0 saturated carbocycles. The first-order valence-electron chi connectivity index (χ1n) is 6.43. The summed E-state index contributed by atoms with van der Waals surface area (Å²) in [5, 5.41) is 7.79. The van der Waals surface area contributed by atoms with Crippen molar-refractivity contribution in [3.8, 4) is 0 Å². The number of aryl methyl sites for hydroxylation is 4. The average molecular weight is 243 g/mol. The van der Waals surface area contributed by atoms with Crippen LogP contribution >= 0.6 is 0 Å². The van der Waals surface area contributed by atoms with E-state index in [-0.39, 0.29) is 0 Å². The van der Waals surface area contributed by atoms with E-state index in [2.05, 4.69) is 56.4 Å². The van der Waals surface area contributed by atoms with Gasteiger partial charge in [0, 0.05) is 30.5 Å². The molecule has 1 N–H and O–H groups in total. The van der Waals surface area contributed by atoms with Crippen LogP contribution in [-0.4, -0.2) is 9.78 Å². The van der Waals surface area contributed by atoms with Crippen LogP contribution in [0.5, 0.6) is 0 Å². The van der Waals surface area contributed by atoms with Crippen molar-refractivity contribution in [2.45, 2.75) is 40.8 Å². The summed E-state index contributed by atoms with van der Waals surface area (Å²) < 4.78 is 1.95. The largest absolute Gasteiger partial charge is 0.380 e. The number of aromatic nitrogens is 2. The number of benzene rings is 1. The Morgan fingerprint density at radius 2 is 1.83 bits per heavy atom. The van der Waals surface area contributed by atoms with Crippen molar-refractivity contribution in [1.29, 1.82) is 0 Å². The molecule has 0 unspecified atom stereocenters. The number of anilines is 1. The van der Waals surface area contributed by atoms with Crippen LogP contribution in [-0.2, 0) is 13.1 Å². The van der Waals surface area contributed by atoms with E-state index in [1.54, 1.807) is 0 Å². The van der Waals surface area contributed by atoms with E-state index in [0.717, 1.165) is 13.1 Å². The maximum Gasteiger partial charge on any atom is 0.0539 e. The predicted octanol–water partition coefficient (Wildman–Crippen LogP) is 3.44. The van der Waals surface area contributed by atoms with Crippen molar-refractivity contribution in [1.82, 2.24) is 9.78 Å². The van der Waals surface area contributed by atoms with Gasteiger partial charge in [0.2, 0.25) is 0 Å². The smallest absolute Gasteiger partial charge is 0.0539 e. The SMILES string of the molecule is CCn1cc(CNc2c(C)cc(C)cc2C)cn1. The Morgan fingerprint density at radius 3 is 2.39 bits per heavy atom. The molecule has 2 aromatic rings. The van der Waals surface area contributed by atoms with Gasteiger partial charge in [-0.25, -0.2) is 0 Å². The molecule has 0 aliphatic carbocycles. The Bertz CT molecular complexity index is 517. The fraction of sp³-hybridized carbons (Fsp3) is 0.400. The molecule has 1 aromatic heterocycles. The molecule has 0 spiro atoms. The molecule has 0 aliphatic heterocycles. The van der Waals surface area contributed by atoms with E-state index >= 15 is 0 Å². The van der Waals surface area contributed by atoms with E-state index in [9.17, 15) is 0 Å². The highest BCUT2D eigenvalue weighted by Gasteiger charge is 2.04. The van der Waals surface area contributed by atoms with Crippen LogP contribution < -0.4 is 5.32 Å². The zero-order valence-electron chi connectivity index (χ0n) is 11.6. The molecule has 3 nitrogen and oxygen atoms in total. The molecule has 96 valence electrons. The van der Waals surface area contributed by atoms with Crippen LogP contribution in [0.25, 0.3) is 0 Å². The summed E-state index contributed by atoms with van der Waals surface area (Å²) in [6.45, 7) is 10.3. The molecular formula is C15H21N3. The van der Waals surface area contributed by atoms with E-state index in [1.165, 1.54) is 27.9 Å². The monoisotopic (exact) mass is 243 g/mol. The summed E-state index contributed by atoms with van der Waals surface area (Å²) in [4.78, 5) is 0. The summed E-state index contributed by atoms with van der Waals surface area (Å²) in [6.07, 6.45) is 4.02. The van der Waals surface area contributed by atoms with E-state index in [4.69, 9.17) is 0 Å². The Kier molecular flexibility index (Phi) is 3.70. The number of nitrogens with zero attached hydrogens (tertiary/aromatic N) is 2. The van der Waals surface area contributed by atoms with Gasteiger partial charge < -0.3 is 5.32 Å². The van der Waals surface area contributed by atoms with Gasteiger partial charge in [0.25, 0.3) is 0 Å². The Balaban J connectivity index is 2.10. The quantitative estimate of drug-likeness (QED) is 0.891. The Labute approximate surface area is 109 Å². The zero-order valence-corrected chi connectivity index (χ0v) is 11.6. The third-order valence-corrected chi connectivity index (χ3v) is 3.16. The van der Waals surface area contributed by atoms with Gasteiger partial charge in [-0.05, 0) is 38.8 Å². The number of hydrogen-bond acceptors (Lipinski definition) is 2. The first-order valence-corrected chi connectivity index (χ1v) is 6.43. The lowest BCUT2D eigenvalue weighted by molar-refractivity contribution is 0.659. The van der Waals surface area contributed by atoms with Crippen molar-refractivity contribution in [2.24, 2.45) is 0 Å². The fourth-order valence-corrected chi connectivity index (χ4v) is 2.32. The first-order chi connectivity index (χ1) is 8.60. The highest BCUT2D eigenvalue weighted by atomic mass is 15.3. The molecule has 2 rings (SSSR count). The lowest BCUT2D eigenvalue weighted by Crippen LogP contribution is -2.03. The maximum absolute atomic E-state index is 4.28. The molecule has 0 atom stereocenters. The van der Waals surface area contributed by atoms with Crippen molar-refractivity contribution >= 4 is 5.69 Å². The Hall–Kier alpha value is -1.77. The van der Waals surface area contributed by atoms with Gasteiger partial charge in [0.1, 0.15) is 0 Å². The van der Waals surface area contributed by atoms with Gasteiger partial charge in [-0.3, -0.25) is 4.68 Å². The highest BCUT2D eigenvalue weighted by Crippen LogP contribution is 2.22. The fourth-order valence-electron chi connectivity index (χ4n) is 2.32. The third kappa shape index (κ3) is 2.73. The normalized spacial score (nSPS) is 10.7. The van der Waals surface area contributed by atoms with E-state index in [0.29, 0.717) is 0 Å². The second-order valence-electron chi connectivity index (χ2n) is 4.83.